The van der Waals surface area contributed by atoms with E-state index in [9.17, 15) is 4.39 Å². The van der Waals surface area contributed by atoms with Gasteiger partial charge in [0.15, 0.2) is 0 Å². The van der Waals surface area contributed by atoms with Gasteiger partial charge in [-0.15, -0.1) is 0 Å². The number of hydrogen-bond acceptors (Lipinski definition) is 2. The molecule has 1 aromatic carbocycles. The zero-order chi connectivity index (χ0) is 14.7. The summed E-state index contributed by atoms with van der Waals surface area (Å²) < 4.78 is 12.9. The smallest absolute Gasteiger partial charge is 0.123 e. The van der Waals surface area contributed by atoms with Crippen molar-refractivity contribution in [1.82, 2.24) is 0 Å². The van der Waals surface area contributed by atoms with E-state index in [1.54, 1.807) is 12.1 Å². The molecule has 0 spiro atoms. The third-order valence-corrected chi connectivity index (χ3v) is 4.40. The third-order valence-electron chi connectivity index (χ3n) is 4.40. The molecule has 0 radical (unpaired) electrons. The lowest BCUT2D eigenvalue weighted by molar-refractivity contribution is 0.318. The molecule has 1 aliphatic rings. The summed E-state index contributed by atoms with van der Waals surface area (Å²) in [6.45, 7) is 4.18. The molecule has 0 atom stereocenters. The molecule has 1 saturated carbocycles. The van der Waals surface area contributed by atoms with Crippen LogP contribution in [0.2, 0.25) is 0 Å². The van der Waals surface area contributed by atoms with E-state index in [1.165, 1.54) is 25.0 Å². The van der Waals surface area contributed by atoms with Gasteiger partial charge in [0.1, 0.15) is 5.82 Å². The van der Waals surface area contributed by atoms with Crippen molar-refractivity contribution in [2.45, 2.75) is 39.5 Å². The Morgan fingerprint density at radius 1 is 1.20 bits per heavy atom. The van der Waals surface area contributed by atoms with Crippen molar-refractivity contribution in [1.29, 1.82) is 5.41 Å². The summed E-state index contributed by atoms with van der Waals surface area (Å²) in [5.41, 5.74) is 9.06. The molecule has 0 saturated heterocycles. The van der Waals surface area contributed by atoms with E-state index in [2.05, 4.69) is 6.92 Å². The lowest BCUT2D eigenvalue weighted by atomic mass is 9.80. The van der Waals surface area contributed by atoms with Crippen LogP contribution in [0.5, 0.6) is 0 Å². The molecule has 1 fully saturated rings. The topological polar surface area (TPSA) is 49.9 Å². The molecular weight excluding hydrogens is 251 g/mol. The van der Waals surface area contributed by atoms with Gasteiger partial charge in [0.05, 0.1) is 5.71 Å². The number of nitrogens with one attached hydrogen (secondary N) is 1. The molecule has 0 amide bonds. The first-order valence-corrected chi connectivity index (χ1v) is 7.30. The summed E-state index contributed by atoms with van der Waals surface area (Å²) in [6.07, 6.45) is 4.65. The van der Waals surface area contributed by atoms with E-state index in [0.29, 0.717) is 11.6 Å². The second-order valence-corrected chi connectivity index (χ2v) is 5.92. The quantitative estimate of drug-likeness (QED) is 0.785. The molecule has 110 valence electrons. The molecule has 0 heterocycles. The van der Waals surface area contributed by atoms with E-state index >= 15 is 0 Å². The first-order chi connectivity index (χ1) is 9.49. The van der Waals surface area contributed by atoms with E-state index in [4.69, 9.17) is 11.1 Å². The van der Waals surface area contributed by atoms with Gasteiger partial charge in [0.2, 0.25) is 0 Å². The Morgan fingerprint density at radius 2 is 1.75 bits per heavy atom. The minimum atomic E-state index is -0.280. The van der Waals surface area contributed by atoms with Crippen LogP contribution in [-0.2, 0) is 0 Å². The Morgan fingerprint density at radius 3 is 2.30 bits per heavy atom. The Bertz CT molecular complexity index is 514. The number of rotatable bonds is 3. The zero-order valence-electron chi connectivity index (χ0n) is 12.2. The van der Waals surface area contributed by atoms with Crippen molar-refractivity contribution < 1.29 is 5.82 Å². The lowest BCUT2D eigenvalue weighted by Gasteiger charge is -2.27. The highest BCUT2D eigenvalue weighted by Gasteiger charge is 2.22. The highest BCUT2D eigenvalue weighted by molar-refractivity contribution is 6.10. The third kappa shape index (κ3) is 3.27. The average molecular weight is 276 g/mol. The Kier molecular flexibility index (Phi) is 4.58. The summed E-state index contributed by atoms with van der Waals surface area (Å²) >= 11 is 0. The van der Waals surface area contributed by atoms with Crippen molar-refractivity contribution >= 4 is 5.71 Å². The Hall–Kier alpha value is -1.64. The highest BCUT2D eigenvalue weighted by atomic mass is 19.1. The normalized spacial score (nSPS) is 24.1. The van der Waals surface area contributed by atoms with Crippen molar-refractivity contribution in [3.63, 3.8) is 0 Å². The second-order valence-electron chi connectivity index (χ2n) is 5.92. The summed E-state index contributed by atoms with van der Waals surface area (Å²) in [5.74, 6) is 0.903. The van der Waals surface area contributed by atoms with E-state index in [0.717, 1.165) is 35.6 Å². The molecule has 3 heteroatoms. The number of halogens is 1. The maximum atomic E-state index is 12.9. The van der Waals surface area contributed by atoms with Gasteiger partial charge < -0.3 is 5.73 Å². The minimum Gasteiger partial charge on any atom is -0.402 e. The van der Waals surface area contributed by atoms with Gasteiger partial charge in [-0.3, -0.25) is 5.41 Å². The SMILES string of the molecule is C/C(C(=N)c1ccc(F)cc1)=C(/N)C1CCC(C)CC1.[HH]. The Balaban J connectivity index is 0.00000220. The van der Waals surface area contributed by atoms with E-state index in [1.807, 2.05) is 6.92 Å². The van der Waals surface area contributed by atoms with Crippen molar-refractivity contribution in [2.24, 2.45) is 17.6 Å². The largest absolute Gasteiger partial charge is 0.402 e. The van der Waals surface area contributed by atoms with Crippen LogP contribution < -0.4 is 5.73 Å². The van der Waals surface area contributed by atoms with Gasteiger partial charge >= 0.3 is 0 Å². The number of benzene rings is 1. The molecule has 0 aliphatic heterocycles. The lowest BCUT2D eigenvalue weighted by Crippen LogP contribution is -2.22. The maximum Gasteiger partial charge on any atom is 0.123 e. The summed E-state index contributed by atoms with van der Waals surface area (Å²) in [7, 11) is 0. The number of hydrogen-bond donors (Lipinski definition) is 2. The standard InChI is InChI=1S/C17H23FN2.H2/c1-11-3-5-13(6-4-11)16(19)12(2)17(20)14-7-9-15(18)10-8-14;/h7-11,13,20H,3-6,19H2,1-2H3;1H/b16-12-,20-17?;. The average Bonchev–Trinajstić information content (AvgIpc) is 2.46. The van der Waals surface area contributed by atoms with E-state index < -0.39 is 0 Å². The molecule has 1 aromatic rings. The van der Waals surface area contributed by atoms with Gasteiger partial charge in [-0.05, 0) is 67.0 Å². The first kappa shape index (κ1) is 14.8. The highest BCUT2D eigenvalue weighted by Crippen LogP contribution is 2.32. The Labute approximate surface area is 121 Å². The van der Waals surface area contributed by atoms with Gasteiger partial charge in [0, 0.05) is 7.12 Å². The van der Waals surface area contributed by atoms with E-state index in [-0.39, 0.29) is 7.24 Å². The van der Waals surface area contributed by atoms with Gasteiger partial charge in [-0.25, -0.2) is 4.39 Å². The van der Waals surface area contributed by atoms with Crippen LogP contribution in [0.25, 0.3) is 0 Å². The molecule has 2 nitrogen and oxygen atoms in total. The molecule has 20 heavy (non-hydrogen) atoms. The van der Waals surface area contributed by atoms with Crippen molar-refractivity contribution in [3.8, 4) is 0 Å². The second kappa shape index (κ2) is 6.21. The molecule has 0 bridgehead atoms. The fraction of sp³-hybridized carbons (Fsp3) is 0.471. The van der Waals surface area contributed by atoms with Crippen LogP contribution in [0.1, 0.15) is 46.5 Å². The first-order valence-electron chi connectivity index (χ1n) is 7.30. The number of nitrogens with two attached hydrogens (primary N) is 1. The molecule has 2 rings (SSSR count). The molecule has 1 aliphatic carbocycles. The van der Waals surface area contributed by atoms with Crippen LogP contribution in [0.4, 0.5) is 4.39 Å². The van der Waals surface area contributed by atoms with Crippen LogP contribution in [0, 0.1) is 23.1 Å². The minimum absolute atomic E-state index is 0. The van der Waals surface area contributed by atoms with Crippen molar-refractivity contribution in [3.05, 3.63) is 46.9 Å². The molecule has 0 aromatic heterocycles. The summed E-state index contributed by atoms with van der Waals surface area (Å²) in [4.78, 5) is 0. The fourth-order valence-corrected chi connectivity index (χ4v) is 2.85. The van der Waals surface area contributed by atoms with Crippen LogP contribution in [0.3, 0.4) is 0 Å². The maximum absolute atomic E-state index is 12.9. The zero-order valence-corrected chi connectivity index (χ0v) is 12.2. The van der Waals surface area contributed by atoms with Crippen LogP contribution in [0.15, 0.2) is 35.5 Å². The van der Waals surface area contributed by atoms with Crippen LogP contribution >= 0.6 is 0 Å². The monoisotopic (exact) mass is 276 g/mol. The van der Waals surface area contributed by atoms with Gasteiger partial charge in [-0.2, -0.15) is 0 Å². The summed E-state index contributed by atoms with van der Waals surface area (Å²) in [5, 5.41) is 8.23. The molecular formula is C17H25FN2. The predicted molar refractivity (Wildman–Crippen MR) is 83.4 cm³/mol. The fourth-order valence-electron chi connectivity index (χ4n) is 2.85. The van der Waals surface area contributed by atoms with Gasteiger partial charge in [0.25, 0.3) is 0 Å². The molecule has 0 unspecified atom stereocenters. The van der Waals surface area contributed by atoms with Crippen molar-refractivity contribution in [2.75, 3.05) is 0 Å². The van der Waals surface area contributed by atoms with Crippen LogP contribution in [-0.4, -0.2) is 5.71 Å². The molecule has 3 N–H and O–H groups in total. The van der Waals surface area contributed by atoms with Gasteiger partial charge in [-0.1, -0.05) is 19.8 Å². The number of allylic oxidation sites excluding steroid dienone is 2. The summed E-state index contributed by atoms with van der Waals surface area (Å²) in [6, 6.07) is 6.04. The predicted octanol–water partition coefficient (Wildman–Crippen LogP) is 4.50.